The summed E-state index contributed by atoms with van der Waals surface area (Å²) >= 11 is 0. The number of rotatable bonds is 3. The van der Waals surface area contributed by atoms with Crippen LogP contribution in [-0.2, 0) is 13.0 Å². The second-order valence-corrected chi connectivity index (χ2v) is 7.36. The van der Waals surface area contributed by atoms with Gasteiger partial charge in [-0.1, -0.05) is 18.2 Å². The Labute approximate surface area is 161 Å². The van der Waals surface area contributed by atoms with Crippen molar-refractivity contribution in [2.45, 2.75) is 25.9 Å². The van der Waals surface area contributed by atoms with Crippen molar-refractivity contribution >= 4 is 10.9 Å². The van der Waals surface area contributed by atoms with Crippen molar-refractivity contribution in [2.24, 2.45) is 0 Å². The van der Waals surface area contributed by atoms with Gasteiger partial charge in [0.15, 0.2) is 0 Å². The number of hydrogen-bond acceptors (Lipinski definition) is 2. The minimum Gasteiger partial charge on any atom is -0.357 e. The number of aromatic nitrogens is 3. The van der Waals surface area contributed by atoms with Crippen LogP contribution in [0.2, 0.25) is 0 Å². The number of halogens is 2. The molecule has 1 unspecified atom stereocenters. The average molecular weight is 378 g/mol. The number of imidazole rings is 1. The van der Waals surface area contributed by atoms with Crippen LogP contribution in [0.1, 0.15) is 34.4 Å². The lowest BCUT2D eigenvalue weighted by molar-refractivity contribution is 0.193. The molecule has 6 heteroatoms. The summed E-state index contributed by atoms with van der Waals surface area (Å²) in [7, 11) is 0. The monoisotopic (exact) mass is 378 g/mol. The van der Waals surface area contributed by atoms with E-state index in [0.29, 0.717) is 12.1 Å². The molecule has 3 heterocycles. The molecule has 1 aliphatic heterocycles. The molecule has 2 N–H and O–H groups in total. The maximum atomic E-state index is 14.8. The fraction of sp³-hybridized carbons (Fsp3) is 0.227. The number of hydrogen-bond donors (Lipinski definition) is 2. The maximum absolute atomic E-state index is 14.8. The zero-order valence-corrected chi connectivity index (χ0v) is 15.5. The van der Waals surface area contributed by atoms with Crippen LogP contribution in [0.3, 0.4) is 0 Å². The Bertz CT molecular complexity index is 1160. The molecule has 0 saturated carbocycles. The van der Waals surface area contributed by atoms with E-state index in [0.717, 1.165) is 47.1 Å². The summed E-state index contributed by atoms with van der Waals surface area (Å²) in [4.78, 5) is 13.3. The molecule has 2 aromatic heterocycles. The second kappa shape index (κ2) is 6.56. The Hall–Kier alpha value is -2.99. The average Bonchev–Trinajstić information content (AvgIpc) is 3.27. The summed E-state index contributed by atoms with van der Waals surface area (Å²) in [5.41, 5.74) is 4.45. The summed E-state index contributed by atoms with van der Waals surface area (Å²) in [5.74, 6) is -0.0224. The second-order valence-electron chi connectivity index (χ2n) is 7.36. The molecule has 0 spiro atoms. The minimum absolute atomic E-state index is 0.343. The molecule has 5 rings (SSSR count). The molecule has 1 aliphatic rings. The van der Waals surface area contributed by atoms with Crippen LogP contribution in [0.25, 0.3) is 10.9 Å². The van der Waals surface area contributed by atoms with E-state index in [1.54, 1.807) is 6.20 Å². The summed E-state index contributed by atoms with van der Waals surface area (Å²) < 4.78 is 28.8. The zero-order valence-electron chi connectivity index (χ0n) is 15.5. The quantitative estimate of drug-likeness (QED) is 0.546. The summed E-state index contributed by atoms with van der Waals surface area (Å²) in [6.45, 7) is 3.21. The van der Waals surface area contributed by atoms with Gasteiger partial charge in [-0.2, -0.15) is 0 Å². The largest absolute Gasteiger partial charge is 0.357 e. The van der Waals surface area contributed by atoms with Crippen LogP contribution in [-0.4, -0.2) is 26.4 Å². The van der Waals surface area contributed by atoms with E-state index in [4.69, 9.17) is 0 Å². The third-order valence-electron chi connectivity index (χ3n) is 5.50. The molecule has 0 saturated heterocycles. The number of nitrogens with one attached hydrogen (secondary N) is 2. The molecular formula is C22H20F2N4. The van der Waals surface area contributed by atoms with Crippen LogP contribution >= 0.6 is 0 Å². The van der Waals surface area contributed by atoms with Crippen molar-refractivity contribution in [3.05, 3.63) is 88.6 Å². The molecule has 0 aliphatic carbocycles. The third kappa shape index (κ3) is 2.81. The van der Waals surface area contributed by atoms with E-state index < -0.39 is 17.7 Å². The highest BCUT2D eigenvalue weighted by atomic mass is 19.1. The third-order valence-corrected chi connectivity index (χ3v) is 5.50. The van der Waals surface area contributed by atoms with E-state index >= 15 is 0 Å². The Morgan fingerprint density at radius 2 is 2.00 bits per heavy atom. The first-order valence-electron chi connectivity index (χ1n) is 9.39. The normalized spacial score (nSPS) is 17.2. The predicted molar refractivity (Wildman–Crippen MR) is 104 cm³/mol. The number of nitrogens with zero attached hydrogens (tertiary/aromatic N) is 2. The molecule has 0 amide bonds. The SMILES string of the molecule is Cc1cnc(CN2CCc3c([nH]c4ccccc34)C2c2cc(F)ccc2F)[nH]1. The highest BCUT2D eigenvalue weighted by Crippen LogP contribution is 2.39. The van der Waals surface area contributed by atoms with Crippen LogP contribution in [0, 0.1) is 18.6 Å². The summed E-state index contributed by atoms with van der Waals surface area (Å²) in [5, 5.41) is 1.15. The Morgan fingerprint density at radius 1 is 1.14 bits per heavy atom. The number of benzene rings is 2. The summed E-state index contributed by atoms with van der Waals surface area (Å²) in [6, 6.07) is 11.4. The van der Waals surface area contributed by atoms with E-state index in [1.165, 1.54) is 17.7 Å². The van der Waals surface area contributed by atoms with Crippen molar-refractivity contribution in [3.63, 3.8) is 0 Å². The minimum atomic E-state index is -0.437. The predicted octanol–water partition coefficient (Wildman–Crippen LogP) is 4.63. The van der Waals surface area contributed by atoms with E-state index in [-0.39, 0.29) is 0 Å². The van der Waals surface area contributed by atoms with Crippen LogP contribution in [0.15, 0.2) is 48.7 Å². The van der Waals surface area contributed by atoms with Gasteiger partial charge in [0, 0.05) is 40.6 Å². The standard InChI is InChI=1S/C22H20F2N4/c1-13-11-25-20(26-13)12-28-9-8-16-15-4-2-3-5-19(15)27-21(16)22(28)17-10-14(23)6-7-18(17)24/h2-7,10-11,22,27H,8-9,12H2,1H3,(H,25,26). The fourth-order valence-electron chi connectivity index (χ4n) is 4.28. The molecule has 28 heavy (non-hydrogen) atoms. The van der Waals surface area contributed by atoms with Gasteiger partial charge in [-0.15, -0.1) is 0 Å². The van der Waals surface area contributed by atoms with Crippen LogP contribution < -0.4 is 0 Å². The Kier molecular flexibility index (Phi) is 4.02. The Balaban J connectivity index is 1.66. The lowest BCUT2D eigenvalue weighted by Crippen LogP contribution is -2.36. The van der Waals surface area contributed by atoms with Crippen molar-refractivity contribution in [2.75, 3.05) is 6.54 Å². The molecule has 1 atom stereocenters. The molecule has 0 bridgehead atoms. The van der Waals surface area contributed by atoms with Crippen molar-refractivity contribution < 1.29 is 8.78 Å². The molecule has 142 valence electrons. The van der Waals surface area contributed by atoms with Gasteiger partial charge in [0.1, 0.15) is 17.5 Å². The molecule has 0 fully saturated rings. The van der Waals surface area contributed by atoms with Crippen molar-refractivity contribution in [1.29, 1.82) is 0 Å². The first-order chi connectivity index (χ1) is 13.6. The number of H-pyrrole nitrogens is 2. The van der Waals surface area contributed by atoms with Gasteiger partial charge in [0.2, 0.25) is 0 Å². The first kappa shape index (κ1) is 17.1. The molecule has 4 nitrogen and oxygen atoms in total. The Morgan fingerprint density at radius 3 is 2.82 bits per heavy atom. The summed E-state index contributed by atoms with van der Waals surface area (Å²) in [6.07, 6.45) is 2.62. The first-order valence-corrected chi connectivity index (χ1v) is 9.39. The van der Waals surface area contributed by atoms with Gasteiger partial charge >= 0.3 is 0 Å². The van der Waals surface area contributed by atoms with E-state index in [2.05, 4.69) is 25.9 Å². The van der Waals surface area contributed by atoms with Crippen LogP contribution in [0.4, 0.5) is 8.78 Å². The molecule has 2 aromatic carbocycles. The number of para-hydroxylation sites is 1. The molecule has 0 radical (unpaired) electrons. The van der Waals surface area contributed by atoms with Gasteiger partial charge < -0.3 is 9.97 Å². The number of fused-ring (bicyclic) bond motifs is 3. The van der Waals surface area contributed by atoms with Gasteiger partial charge in [0.05, 0.1) is 12.6 Å². The van der Waals surface area contributed by atoms with Gasteiger partial charge in [0.25, 0.3) is 0 Å². The highest BCUT2D eigenvalue weighted by molar-refractivity contribution is 5.85. The molecular weight excluding hydrogens is 358 g/mol. The smallest absolute Gasteiger partial charge is 0.128 e. The van der Waals surface area contributed by atoms with Crippen molar-refractivity contribution in [1.82, 2.24) is 19.9 Å². The lowest BCUT2D eigenvalue weighted by Gasteiger charge is -2.35. The van der Waals surface area contributed by atoms with E-state index in [9.17, 15) is 8.78 Å². The maximum Gasteiger partial charge on any atom is 0.128 e. The zero-order chi connectivity index (χ0) is 19.3. The fourth-order valence-corrected chi connectivity index (χ4v) is 4.28. The van der Waals surface area contributed by atoms with E-state index in [1.807, 2.05) is 25.1 Å². The van der Waals surface area contributed by atoms with Gasteiger partial charge in [-0.25, -0.2) is 13.8 Å². The topological polar surface area (TPSA) is 47.7 Å². The molecule has 4 aromatic rings. The highest BCUT2D eigenvalue weighted by Gasteiger charge is 2.34. The van der Waals surface area contributed by atoms with Crippen LogP contribution in [0.5, 0.6) is 0 Å². The van der Waals surface area contributed by atoms with Gasteiger partial charge in [-0.05, 0) is 43.2 Å². The lowest BCUT2D eigenvalue weighted by atomic mass is 9.92. The number of aryl methyl sites for hydroxylation is 1. The number of aromatic amines is 2. The van der Waals surface area contributed by atoms with Crippen molar-refractivity contribution in [3.8, 4) is 0 Å². The van der Waals surface area contributed by atoms with Gasteiger partial charge in [-0.3, -0.25) is 4.90 Å².